The molecule has 1 atom stereocenters. The van der Waals surface area contributed by atoms with Crippen molar-refractivity contribution < 1.29 is 5.11 Å². The number of hydrogen-bond acceptors (Lipinski definition) is 5. The third-order valence-corrected chi connectivity index (χ3v) is 5.01. The maximum Gasteiger partial charge on any atom is 0.133 e. The van der Waals surface area contributed by atoms with E-state index in [9.17, 15) is 5.11 Å². The van der Waals surface area contributed by atoms with Crippen LogP contribution in [-0.2, 0) is 19.6 Å². The Morgan fingerprint density at radius 1 is 1.32 bits per heavy atom. The van der Waals surface area contributed by atoms with Crippen molar-refractivity contribution in [2.75, 3.05) is 18.0 Å². The van der Waals surface area contributed by atoms with Gasteiger partial charge in [0.1, 0.15) is 5.82 Å². The van der Waals surface area contributed by atoms with Gasteiger partial charge in [0.2, 0.25) is 0 Å². The van der Waals surface area contributed by atoms with Crippen molar-refractivity contribution in [2.24, 2.45) is 0 Å². The molecule has 1 aliphatic rings. The standard InChI is InChI=1S/C19H29N5O/c1-4-24-15(3)18(14(2)22-24)12-20-11-16-7-5-9-21-19(16)23-10-6-8-17(25)13-23/h5,7,9,17,20,25H,4,6,8,10-13H2,1-3H3/t17-/m0/s1. The van der Waals surface area contributed by atoms with Crippen LogP contribution < -0.4 is 10.2 Å². The smallest absolute Gasteiger partial charge is 0.133 e. The Balaban J connectivity index is 1.67. The molecule has 0 aliphatic carbocycles. The summed E-state index contributed by atoms with van der Waals surface area (Å²) < 4.78 is 2.05. The van der Waals surface area contributed by atoms with E-state index >= 15 is 0 Å². The first-order valence-electron chi connectivity index (χ1n) is 9.20. The van der Waals surface area contributed by atoms with E-state index < -0.39 is 0 Å². The zero-order valence-electron chi connectivity index (χ0n) is 15.5. The summed E-state index contributed by atoms with van der Waals surface area (Å²) >= 11 is 0. The third-order valence-electron chi connectivity index (χ3n) is 5.01. The van der Waals surface area contributed by atoms with Crippen LogP contribution in [0, 0.1) is 13.8 Å². The Morgan fingerprint density at radius 3 is 2.88 bits per heavy atom. The van der Waals surface area contributed by atoms with Gasteiger partial charge in [-0.3, -0.25) is 4.68 Å². The minimum atomic E-state index is -0.248. The van der Waals surface area contributed by atoms with Crippen molar-refractivity contribution in [3.05, 3.63) is 40.8 Å². The minimum absolute atomic E-state index is 0.248. The molecule has 0 bridgehead atoms. The van der Waals surface area contributed by atoms with Crippen molar-refractivity contribution in [3.63, 3.8) is 0 Å². The molecule has 6 heteroatoms. The lowest BCUT2D eigenvalue weighted by Crippen LogP contribution is -2.39. The fourth-order valence-corrected chi connectivity index (χ4v) is 3.62. The second-order valence-corrected chi connectivity index (χ2v) is 6.80. The molecule has 0 spiro atoms. The van der Waals surface area contributed by atoms with Crippen molar-refractivity contribution in [2.45, 2.75) is 59.4 Å². The zero-order chi connectivity index (χ0) is 17.8. The normalized spacial score (nSPS) is 17.9. The molecule has 25 heavy (non-hydrogen) atoms. The molecule has 2 aromatic heterocycles. The average Bonchev–Trinajstić information content (AvgIpc) is 2.89. The molecule has 1 fully saturated rings. The number of aliphatic hydroxyl groups is 1. The van der Waals surface area contributed by atoms with Gasteiger partial charge in [-0.25, -0.2) is 4.98 Å². The molecular formula is C19H29N5O. The largest absolute Gasteiger partial charge is 0.391 e. The molecule has 3 rings (SSSR count). The Hall–Kier alpha value is -1.92. The molecule has 1 saturated heterocycles. The monoisotopic (exact) mass is 343 g/mol. The molecule has 0 radical (unpaired) electrons. The molecule has 1 aliphatic heterocycles. The molecular weight excluding hydrogens is 314 g/mol. The number of aliphatic hydroxyl groups excluding tert-OH is 1. The van der Waals surface area contributed by atoms with Crippen LogP contribution >= 0.6 is 0 Å². The number of β-amino-alcohol motifs (C(OH)–C–C–N with tert-alkyl or cyclic N) is 1. The zero-order valence-corrected chi connectivity index (χ0v) is 15.5. The van der Waals surface area contributed by atoms with Gasteiger partial charge in [-0.05, 0) is 39.7 Å². The van der Waals surface area contributed by atoms with Gasteiger partial charge in [0.25, 0.3) is 0 Å². The van der Waals surface area contributed by atoms with Gasteiger partial charge in [-0.2, -0.15) is 5.10 Å². The summed E-state index contributed by atoms with van der Waals surface area (Å²) in [6.07, 6.45) is 3.48. The quantitative estimate of drug-likeness (QED) is 0.841. The van der Waals surface area contributed by atoms with Crippen LogP contribution in [0.25, 0.3) is 0 Å². The lowest BCUT2D eigenvalue weighted by Gasteiger charge is -2.32. The summed E-state index contributed by atoms with van der Waals surface area (Å²) in [5.74, 6) is 0.992. The first-order chi connectivity index (χ1) is 12.1. The molecule has 0 unspecified atom stereocenters. The molecule has 136 valence electrons. The van der Waals surface area contributed by atoms with Crippen LogP contribution in [0.4, 0.5) is 5.82 Å². The van der Waals surface area contributed by atoms with E-state index in [2.05, 4.69) is 51.8 Å². The number of aryl methyl sites for hydroxylation is 2. The number of piperidine rings is 1. The SMILES string of the molecule is CCn1nc(C)c(CNCc2cccnc2N2CCC[C@H](O)C2)c1C. The van der Waals surface area contributed by atoms with E-state index in [0.717, 1.165) is 50.5 Å². The highest BCUT2D eigenvalue weighted by atomic mass is 16.3. The highest BCUT2D eigenvalue weighted by Gasteiger charge is 2.20. The van der Waals surface area contributed by atoms with Crippen LogP contribution in [-0.4, -0.2) is 39.1 Å². The highest BCUT2D eigenvalue weighted by molar-refractivity contribution is 5.47. The van der Waals surface area contributed by atoms with E-state index in [-0.39, 0.29) is 6.10 Å². The van der Waals surface area contributed by atoms with Crippen molar-refractivity contribution in [1.82, 2.24) is 20.1 Å². The fourth-order valence-electron chi connectivity index (χ4n) is 3.62. The molecule has 3 heterocycles. The van der Waals surface area contributed by atoms with Gasteiger partial charge in [-0.1, -0.05) is 6.07 Å². The Morgan fingerprint density at radius 2 is 2.16 bits per heavy atom. The number of nitrogens with zero attached hydrogens (tertiary/aromatic N) is 4. The summed E-state index contributed by atoms with van der Waals surface area (Å²) in [5, 5.41) is 18.1. The average molecular weight is 343 g/mol. The molecule has 6 nitrogen and oxygen atoms in total. The topological polar surface area (TPSA) is 66.2 Å². The number of hydrogen-bond donors (Lipinski definition) is 2. The number of pyridine rings is 1. The second-order valence-electron chi connectivity index (χ2n) is 6.80. The molecule has 0 amide bonds. The van der Waals surface area contributed by atoms with E-state index in [1.807, 2.05) is 12.3 Å². The predicted octanol–water partition coefficient (Wildman–Crippen LogP) is 2.17. The molecule has 0 saturated carbocycles. The van der Waals surface area contributed by atoms with Gasteiger partial charge in [0.05, 0.1) is 11.8 Å². The van der Waals surface area contributed by atoms with Gasteiger partial charge in [-0.15, -0.1) is 0 Å². The molecule has 0 aromatic carbocycles. The van der Waals surface area contributed by atoms with E-state index in [0.29, 0.717) is 6.54 Å². The lowest BCUT2D eigenvalue weighted by molar-refractivity contribution is 0.154. The lowest BCUT2D eigenvalue weighted by atomic mass is 10.1. The minimum Gasteiger partial charge on any atom is -0.391 e. The molecule has 2 N–H and O–H groups in total. The van der Waals surface area contributed by atoms with Gasteiger partial charge in [0, 0.05) is 55.7 Å². The second kappa shape index (κ2) is 7.97. The van der Waals surface area contributed by atoms with E-state index in [1.165, 1.54) is 16.8 Å². The van der Waals surface area contributed by atoms with E-state index in [1.54, 1.807) is 0 Å². The summed E-state index contributed by atoms with van der Waals surface area (Å²) in [5.41, 5.74) is 4.78. The first kappa shape index (κ1) is 17.9. The van der Waals surface area contributed by atoms with Gasteiger partial charge < -0.3 is 15.3 Å². The maximum atomic E-state index is 9.95. The first-order valence-corrected chi connectivity index (χ1v) is 9.20. The number of rotatable bonds is 6. The Labute approximate surface area is 149 Å². The van der Waals surface area contributed by atoms with Crippen molar-refractivity contribution in [1.29, 1.82) is 0 Å². The number of anilines is 1. The summed E-state index contributed by atoms with van der Waals surface area (Å²) in [7, 11) is 0. The maximum absolute atomic E-state index is 9.95. The van der Waals surface area contributed by atoms with Gasteiger partial charge >= 0.3 is 0 Å². The summed E-state index contributed by atoms with van der Waals surface area (Å²) in [4.78, 5) is 6.78. The van der Waals surface area contributed by atoms with Crippen LogP contribution in [0.1, 0.15) is 42.3 Å². The van der Waals surface area contributed by atoms with Crippen LogP contribution in [0.15, 0.2) is 18.3 Å². The predicted molar refractivity (Wildman–Crippen MR) is 99.6 cm³/mol. The van der Waals surface area contributed by atoms with Crippen LogP contribution in [0.2, 0.25) is 0 Å². The van der Waals surface area contributed by atoms with Gasteiger partial charge in [0.15, 0.2) is 0 Å². The van der Waals surface area contributed by atoms with Crippen molar-refractivity contribution in [3.8, 4) is 0 Å². The highest BCUT2D eigenvalue weighted by Crippen LogP contribution is 2.22. The summed E-state index contributed by atoms with van der Waals surface area (Å²) in [6, 6.07) is 4.10. The summed E-state index contributed by atoms with van der Waals surface area (Å²) in [6.45, 7) is 10.4. The number of nitrogens with one attached hydrogen (secondary N) is 1. The van der Waals surface area contributed by atoms with E-state index in [4.69, 9.17) is 0 Å². The third kappa shape index (κ3) is 4.02. The van der Waals surface area contributed by atoms with Crippen LogP contribution in [0.3, 0.4) is 0 Å². The molecule has 2 aromatic rings. The van der Waals surface area contributed by atoms with Crippen LogP contribution in [0.5, 0.6) is 0 Å². The number of aromatic nitrogens is 3. The Bertz CT molecular complexity index is 712. The van der Waals surface area contributed by atoms with Crippen molar-refractivity contribution >= 4 is 5.82 Å². The Kier molecular flexibility index (Phi) is 5.71. The fraction of sp³-hybridized carbons (Fsp3) is 0.579.